The summed E-state index contributed by atoms with van der Waals surface area (Å²) in [5, 5.41) is 0. The summed E-state index contributed by atoms with van der Waals surface area (Å²) in [4.78, 5) is 3.34. The molecule has 0 atom stereocenters. The third kappa shape index (κ3) is 3.31. The van der Waals surface area contributed by atoms with E-state index in [1.807, 2.05) is 11.0 Å². The second-order valence-corrected chi connectivity index (χ2v) is 5.52. The van der Waals surface area contributed by atoms with Gasteiger partial charge in [-0.2, -0.15) is 0 Å². The smallest absolute Gasteiger partial charge is 0.143 e. The lowest BCUT2D eigenvalue weighted by molar-refractivity contribution is 0.0982. The van der Waals surface area contributed by atoms with E-state index in [2.05, 4.69) is 0 Å². The molecule has 3 rings (SSSR count). The second-order valence-electron chi connectivity index (χ2n) is 5.52. The fourth-order valence-electron chi connectivity index (χ4n) is 2.77. The molecule has 0 radical (unpaired) electrons. The molecule has 1 aromatic carbocycles. The minimum Gasteiger partial charge on any atom is -0.495 e. The van der Waals surface area contributed by atoms with Gasteiger partial charge in [-0.1, -0.05) is 0 Å². The molecular formula is C17H28N4O. The van der Waals surface area contributed by atoms with Gasteiger partial charge in [0.2, 0.25) is 0 Å². The van der Waals surface area contributed by atoms with Crippen LogP contribution < -0.4 is 15.4 Å². The van der Waals surface area contributed by atoms with Crippen LogP contribution in [0.25, 0.3) is 0 Å². The standard InChI is InChI=1S/C17H28N4O/c1-19-9-11-21(12-10-19)14-5-7-20(8-6-14)15-3-4-16(18)17(13-15)22-2/h3-4,13-14H,5-12,18H2,1-2H3/i9D2,10D2,11D2,12D2. The highest BCUT2D eigenvalue weighted by Gasteiger charge is 2.26. The third-order valence-corrected chi connectivity index (χ3v) is 4.09. The number of nitrogens with two attached hydrogens (primary N) is 1. The predicted molar refractivity (Wildman–Crippen MR) is 91.7 cm³/mol. The minimum atomic E-state index is -2.73. The highest BCUT2D eigenvalue weighted by atomic mass is 16.5. The predicted octanol–water partition coefficient (Wildman–Crippen LogP) is 1.49. The topological polar surface area (TPSA) is 45.0 Å². The molecule has 0 unspecified atom stereocenters. The summed E-state index contributed by atoms with van der Waals surface area (Å²) in [5.41, 5.74) is 7.25. The Morgan fingerprint density at radius 2 is 1.86 bits per heavy atom. The average Bonchev–Trinajstić information content (AvgIpc) is 2.67. The van der Waals surface area contributed by atoms with Crippen LogP contribution >= 0.6 is 0 Å². The van der Waals surface area contributed by atoms with Crippen molar-refractivity contribution in [1.29, 1.82) is 0 Å². The van der Waals surface area contributed by atoms with Crippen molar-refractivity contribution in [2.45, 2.75) is 18.9 Å². The molecular weight excluding hydrogens is 276 g/mol. The maximum absolute atomic E-state index is 8.40. The number of methoxy groups -OCH3 is 1. The molecule has 5 heteroatoms. The van der Waals surface area contributed by atoms with Gasteiger partial charge < -0.3 is 20.3 Å². The molecule has 122 valence electrons. The maximum atomic E-state index is 8.40. The number of likely N-dealkylation sites (N-methyl/N-ethyl adjacent to an activating group) is 1. The van der Waals surface area contributed by atoms with Gasteiger partial charge in [0.25, 0.3) is 0 Å². The summed E-state index contributed by atoms with van der Waals surface area (Å²) in [5.74, 6) is 0.544. The lowest BCUT2D eigenvalue weighted by atomic mass is 10.0. The summed E-state index contributed by atoms with van der Waals surface area (Å²) in [6.45, 7) is -9.94. The van der Waals surface area contributed by atoms with Gasteiger partial charge in [-0.25, -0.2) is 0 Å². The van der Waals surface area contributed by atoms with Gasteiger partial charge >= 0.3 is 0 Å². The number of nitrogen functional groups attached to an aromatic ring is 1. The van der Waals surface area contributed by atoms with E-state index < -0.39 is 32.0 Å². The Morgan fingerprint density at radius 3 is 2.50 bits per heavy atom. The molecule has 0 aromatic heterocycles. The van der Waals surface area contributed by atoms with Crippen LogP contribution in [-0.2, 0) is 0 Å². The van der Waals surface area contributed by atoms with Crippen LogP contribution in [0.3, 0.4) is 0 Å². The zero-order valence-corrected chi connectivity index (χ0v) is 13.0. The highest BCUT2D eigenvalue weighted by Crippen LogP contribution is 2.30. The lowest BCUT2D eigenvalue weighted by Gasteiger charge is -2.42. The fraction of sp³-hybridized carbons (Fsp3) is 0.647. The minimum absolute atomic E-state index is 0.349. The molecule has 22 heavy (non-hydrogen) atoms. The number of ether oxygens (including phenoxy) is 1. The Balaban J connectivity index is 1.86. The third-order valence-electron chi connectivity index (χ3n) is 4.09. The maximum Gasteiger partial charge on any atom is 0.143 e. The highest BCUT2D eigenvalue weighted by molar-refractivity contribution is 5.62. The second kappa shape index (κ2) is 6.75. The van der Waals surface area contributed by atoms with Crippen LogP contribution in [0, 0.1) is 0 Å². The Hall–Kier alpha value is -1.46. The number of piperidine rings is 1. The zero-order valence-electron chi connectivity index (χ0n) is 21.0. The summed E-state index contributed by atoms with van der Waals surface area (Å²) in [6.07, 6.45) is 0.698. The number of nitrogens with zero attached hydrogens (tertiary/aromatic N) is 3. The van der Waals surface area contributed by atoms with Crippen molar-refractivity contribution in [3.8, 4) is 5.75 Å². The molecule has 0 bridgehead atoms. The van der Waals surface area contributed by atoms with Crippen molar-refractivity contribution in [3.63, 3.8) is 0 Å². The molecule has 0 aliphatic carbocycles. The van der Waals surface area contributed by atoms with Crippen molar-refractivity contribution >= 4 is 11.4 Å². The van der Waals surface area contributed by atoms with Crippen molar-refractivity contribution in [1.82, 2.24) is 9.80 Å². The molecule has 2 aliphatic rings. The summed E-state index contributed by atoms with van der Waals surface area (Å²) in [6, 6.07) is 4.73. The average molecular weight is 312 g/mol. The first-order chi connectivity index (χ1) is 13.7. The monoisotopic (exact) mass is 312 g/mol. The van der Waals surface area contributed by atoms with E-state index in [0.29, 0.717) is 42.3 Å². The summed E-state index contributed by atoms with van der Waals surface area (Å²) in [7, 11) is 2.60. The first kappa shape index (κ1) is 8.41. The van der Waals surface area contributed by atoms with Gasteiger partial charge in [0.1, 0.15) is 5.75 Å². The normalized spacial score (nSPS) is 36.5. The first-order valence-electron chi connectivity index (χ1n) is 11.4. The van der Waals surface area contributed by atoms with E-state index in [1.54, 1.807) is 12.1 Å². The van der Waals surface area contributed by atoms with Gasteiger partial charge in [-0.05, 0) is 32.0 Å². The van der Waals surface area contributed by atoms with E-state index >= 15 is 0 Å². The van der Waals surface area contributed by atoms with Crippen LogP contribution in [-0.4, -0.2) is 69.1 Å². The molecule has 2 heterocycles. The summed E-state index contributed by atoms with van der Waals surface area (Å²) < 4.78 is 71.6. The number of benzene rings is 1. The van der Waals surface area contributed by atoms with E-state index in [4.69, 9.17) is 21.4 Å². The molecule has 5 nitrogen and oxygen atoms in total. The molecule has 2 aliphatic heterocycles. The largest absolute Gasteiger partial charge is 0.495 e. The lowest BCUT2D eigenvalue weighted by Crippen LogP contribution is -2.52. The van der Waals surface area contributed by atoms with Crippen LogP contribution in [0.1, 0.15) is 23.8 Å². The Kier molecular flexibility index (Phi) is 2.58. The van der Waals surface area contributed by atoms with Crippen LogP contribution in [0.15, 0.2) is 18.2 Å². The van der Waals surface area contributed by atoms with Crippen molar-refractivity contribution in [2.75, 3.05) is 63.9 Å². The van der Waals surface area contributed by atoms with Gasteiger partial charge in [-0.3, -0.25) is 4.90 Å². The Labute approximate surface area is 144 Å². The number of hydrogen-bond donors (Lipinski definition) is 1. The first-order valence-corrected chi connectivity index (χ1v) is 7.41. The van der Waals surface area contributed by atoms with Crippen molar-refractivity contribution in [2.24, 2.45) is 0 Å². The van der Waals surface area contributed by atoms with Gasteiger partial charge in [0.05, 0.1) is 12.8 Å². The Morgan fingerprint density at radius 1 is 1.18 bits per heavy atom. The van der Waals surface area contributed by atoms with E-state index in [-0.39, 0.29) is 0 Å². The summed E-state index contributed by atoms with van der Waals surface area (Å²) >= 11 is 0. The molecule has 0 saturated carbocycles. The van der Waals surface area contributed by atoms with Crippen LogP contribution in [0.4, 0.5) is 11.4 Å². The SMILES string of the molecule is [2H]C1([2H])N(C)C([2H])([2H])C([2H])([2H])N(C2CCN(c3ccc(N)c(OC)c3)CC2)C1([2H])[2H]. The molecule has 1 aromatic rings. The van der Waals surface area contributed by atoms with Crippen molar-refractivity contribution in [3.05, 3.63) is 18.2 Å². The van der Waals surface area contributed by atoms with Gasteiger partial charge in [-0.15, -0.1) is 0 Å². The molecule has 0 spiro atoms. The number of rotatable bonds is 3. The van der Waals surface area contributed by atoms with Crippen molar-refractivity contribution < 1.29 is 15.7 Å². The van der Waals surface area contributed by atoms with E-state index in [1.165, 1.54) is 7.11 Å². The molecule has 0 amide bonds. The van der Waals surface area contributed by atoms with Gasteiger partial charge in [0, 0.05) is 67.8 Å². The molecule has 2 saturated heterocycles. The molecule has 2 N–H and O–H groups in total. The van der Waals surface area contributed by atoms with Gasteiger partial charge in [0.15, 0.2) is 0 Å². The van der Waals surface area contributed by atoms with Crippen LogP contribution in [0.5, 0.6) is 5.75 Å². The Bertz CT molecular complexity index is 770. The quantitative estimate of drug-likeness (QED) is 0.857. The van der Waals surface area contributed by atoms with Crippen LogP contribution in [0.2, 0.25) is 0 Å². The number of anilines is 2. The zero-order chi connectivity index (χ0) is 22.7. The number of hydrogen-bond acceptors (Lipinski definition) is 5. The molecule has 2 fully saturated rings. The van der Waals surface area contributed by atoms with E-state index in [9.17, 15) is 0 Å². The fourth-order valence-corrected chi connectivity index (χ4v) is 2.77. The number of piperazine rings is 1. The van der Waals surface area contributed by atoms with E-state index in [0.717, 1.165) is 17.6 Å².